The first-order chi connectivity index (χ1) is 14.5. The lowest BCUT2D eigenvalue weighted by molar-refractivity contribution is -0.204. The van der Waals surface area contributed by atoms with Crippen LogP contribution in [0.1, 0.15) is 20.8 Å². The van der Waals surface area contributed by atoms with Crippen molar-refractivity contribution in [1.82, 2.24) is 4.90 Å². The molecule has 0 saturated heterocycles. The lowest BCUT2D eigenvalue weighted by Gasteiger charge is -2.37. The summed E-state index contributed by atoms with van der Waals surface area (Å²) in [6.07, 6.45) is -6.06. The van der Waals surface area contributed by atoms with E-state index < -0.39 is 54.5 Å². The topological polar surface area (TPSA) is 136 Å². The number of hydrogen-bond acceptors (Lipinski definition) is 11. The predicted molar refractivity (Wildman–Crippen MR) is 105 cm³/mol. The van der Waals surface area contributed by atoms with E-state index in [1.54, 1.807) is 0 Å². The van der Waals surface area contributed by atoms with Gasteiger partial charge >= 0.3 is 24.0 Å². The second-order valence-corrected chi connectivity index (χ2v) is 6.67. The minimum absolute atomic E-state index is 0.260. The molecule has 5 unspecified atom stereocenters. The monoisotopic (exact) mass is 451 g/mol. The number of rotatable bonds is 13. The average molecular weight is 451 g/mol. The van der Waals surface area contributed by atoms with E-state index in [0.717, 1.165) is 0 Å². The Kier molecular flexibility index (Phi) is 13.4. The van der Waals surface area contributed by atoms with Crippen LogP contribution in [0.25, 0.3) is 0 Å². The molecule has 0 aliphatic carbocycles. The van der Waals surface area contributed by atoms with Gasteiger partial charge in [-0.25, -0.2) is 4.79 Å². The fraction of sp³-hybridized carbons (Fsp3) is 0.789. The summed E-state index contributed by atoms with van der Waals surface area (Å²) in [5.74, 6) is -1.92. The predicted octanol–water partition coefficient (Wildman–Crippen LogP) is 0.156. The van der Waals surface area contributed by atoms with Crippen LogP contribution in [-0.4, -0.2) is 108 Å². The van der Waals surface area contributed by atoms with Crippen molar-refractivity contribution in [2.24, 2.45) is 0 Å². The van der Waals surface area contributed by atoms with Crippen LogP contribution < -0.4 is 0 Å². The SMILES string of the molecule is COC(COC(C)=O)C(OC(C)=O)C(OC)C(OC(C)=O)C(COC(=O)N(C)C)OC. The Morgan fingerprint density at radius 1 is 0.645 bits per heavy atom. The normalized spacial score (nSPS) is 15.6. The molecule has 5 atom stereocenters. The van der Waals surface area contributed by atoms with Crippen molar-refractivity contribution >= 4 is 24.0 Å². The van der Waals surface area contributed by atoms with Gasteiger partial charge in [0.05, 0.1) is 0 Å². The van der Waals surface area contributed by atoms with E-state index in [1.165, 1.54) is 61.1 Å². The third-order valence-corrected chi connectivity index (χ3v) is 4.05. The number of amides is 1. The molecule has 0 fully saturated rings. The molecule has 0 aliphatic heterocycles. The maximum atomic E-state index is 11.8. The van der Waals surface area contributed by atoms with Gasteiger partial charge in [0.1, 0.15) is 31.5 Å². The molecule has 0 spiro atoms. The Balaban J connectivity index is 5.96. The minimum atomic E-state index is -1.18. The van der Waals surface area contributed by atoms with Crippen LogP contribution in [0.2, 0.25) is 0 Å². The average Bonchev–Trinajstić information content (AvgIpc) is 2.67. The van der Waals surface area contributed by atoms with E-state index >= 15 is 0 Å². The lowest BCUT2D eigenvalue weighted by atomic mass is 9.98. The number of carbonyl (C=O) groups excluding carboxylic acids is 4. The summed E-state index contributed by atoms with van der Waals surface area (Å²) in [6, 6.07) is 0. The van der Waals surface area contributed by atoms with Gasteiger partial charge in [0.15, 0.2) is 12.2 Å². The highest BCUT2D eigenvalue weighted by molar-refractivity contribution is 5.68. The highest BCUT2D eigenvalue weighted by atomic mass is 16.6. The van der Waals surface area contributed by atoms with Crippen LogP contribution in [0.5, 0.6) is 0 Å². The van der Waals surface area contributed by atoms with Gasteiger partial charge in [0, 0.05) is 56.2 Å². The summed E-state index contributed by atoms with van der Waals surface area (Å²) in [6.45, 7) is 3.00. The van der Waals surface area contributed by atoms with Crippen molar-refractivity contribution in [3.8, 4) is 0 Å². The van der Waals surface area contributed by atoms with Gasteiger partial charge in [0.2, 0.25) is 0 Å². The molecule has 0 heterocycles. The van der Waals surface area contributed by atoms with Crippen LogP contribution >= 0.6 is 0 Å². The van der Waals surface area contributed by atoms with Crippen molar-refractivity contribution < 1.29 is 52.3 Å². The fourth-order valence-corrected chi connectivity index (χ4v) is 2.62. The summed E-state index contributed by atoms with van der Waals surface area (Å²) in [5, 5.41) is 0. The van der Waals surface area contributed by atoms with E-state index in [9.17, 15) is 19.2 Å². The van der Waals surface area contributed by atoms with Crippen LogP contribution in [0, 0.1) is 0 Å². The van der Waals surface area contributed by atoms with Crippen molar-refractivity contribution in [2.45, 2.75) is 51.3 Å². The van der Waals surface area contributed by atoms with Gasteiger partial charge in [0.25, 0.3) is 0 Å². The molecule has 1 amide bonds. The number of methoxy groups -OCH3 is 3. The second kappa shape index (κ2) is 14.5. The Bertz CT molecular complexity index is 595. The summed E-state index contributed by atoms with van der Waals surface area (Å²) in [7, 11) is 6.95. The molecule has 12 nitrogen and oxygen atoms in total. The molecular weight excluding hydrogens is 418 g/mol. The van der Waals surface area contributed by atoms with Gasteiger partial charge in [-0.05, 0) is 0 Å². The van der Waals surface area contributed by atoms with Gasteiger partial charge in [-0.1, -0.05) is 0 Å². The molecule has 0 saturated carbocycles. The van der Waals surface area contributed by atoms with Crippen LogP contribution in [0.4, 0.5) is 4.79 Å². The standard InChI is InChI=1S/C19H33NO11/c1-11(21)28-9-14(25-6)16(30-12(2)22)18(27-8)17(31-13(3)23)15(26-7)10-29-19(24)20(4)5/h14-18H,9-10H2,1-8H3. The van der Waals surface area contributed by atoms with Gasteiger partial charge in [-0.3, -0.25) is 14.4 Å². The largest absolute Gasteiger partial charge is 0.463 e. The second-order valence-electron chi connectivity index (χ2n) is 6.67. The third-order valence-electron chi connectivity index (χ3n) is 4.05. The minimum Gasteiger partial charge on any atom is -0.463 e. The molecule has 12 heteroatoms. The molecule has 0 aromatic carbocycles. The highest BCUT2D eigenvalue weighted by Gasteiger charge is 2.44. The molecule has 0 aromatic rings. The number of carbonyl (C=O) groups is 4. The molecule has 31 heavy (non-hydrogen) atoms. The third kappa shape index (κ3) is 10.4. The van der Waals surface area contributed by atoms with Crippen molar-refractivity contribution in [3.05, 3.63) is 0 Å². The fourth-order valence-electron chi connectivity index (χ4n) is 2.62. The first-order valence-corrected chi connectivity index (χ1v) is 9.38. The first kappa shape index (κ1) is 28.6. The van der Waals surface area contributed by atoms with E-state index in [1.807, 2.05) is 0 Å². The highest BCUT2D eigenvalue weighted by Crippen LogP contribution is 2.22. The Morgan fingerprint density at radius 2 is 1.06 bits per heavy atom. The Hall–Kier alpha value is -2.44. The molecule has 0 N–H and O–H groups in total. The zero-order chi connectivity index (χ0) is 24.1. The number of hydrogen-bond donors (Lipinski definition) is 0. The first-order valence-electron chi connectivity index (χ1n) is 9.38. The van der Waals surface area contributed by atoms with E-state index in [0.29, 0.717) is 0 Å². The molecule has 0 aromatic heterocycles. The summed E-state index contributed by atoms with van der Waals surface area (Å²) in [5.41, 5.74) is 0. The molecule has 0 aliphatic rings. The Morgan fingerprint density at radius 3 is 1.35 bits per heavy atom. The summed E-state index contributed by atoms with van der Waals surface area (Å²) < 4.78 is 37.1. The lowest BCUT2D eigenvalue weighted by Crippen LogP contribution is -2.56. The molecule has 180 valence electrons. The Labute approximate surface area is 182 Å². The van der Waals surface area contributed by atoms with Crippen molar-refractivity contribution in [2.75, 3.05) is 48.6 Å². The van der Waals surface area contributed by atoms with Crippen LogP contribution in [0.15, 0.2) is 0 Å². The van der Waals surface area contributed by atoms with Crippen LogP contribution in [-0.2, 0) is 47.5 Å². The van der Waals surface area contributed by atoms with Crippen LogP contribution in [0.3, 0.4) is 0 Å². The molecular formula is C19H33NO11. The van der Waals surface area contributed by atoms with E-state index in [-0.39, 0.29) is 13.2 Å². The number of esters is 3. The zero-order valence-electron chi connectivity index (χ0n) is 19.2. The van der Waals surface area contributed by atoms with E-state index in [2.05, 4.69) is 0 Å². The quantitative estimate of drug-likeness (QED) is 0.280. The molecule has 0 bridgehead atoms. The maximum Gasteiger partial charge on any atom is 0.409 e. The van der Waals surface area contributed by atoms with Crippen molar-refractivity contribution in [3.63, 3.8) is 0 Å². The number of ether oxygens (including phenoxy) is 7. The molecule has 0 rings (SSSR count). The van der Waals surface area contributed by atoms with Gasteiger partial charge < -0.3 is 38.1 Å². The summed E-state index contributed by atoms with van der Waals surface area (Å²) in [4.78, 5) is 47.8. The van der Waals surface area contributed by atoms with Gasteiger partial charge in [-0.2, -0.15) is 0 Å². The van der Waals surface area contributed by atoms with Gasteiger partial charge in [-0.15, -0.1) is 0 Å². The van der Waals surface area contributed by atoms with Crippen molar-refractivity contribution in [1.29, 1.82) is 0 Å². The smallest absolute Gasteiger partial charge is 0.409 e. The maximum absolute atomic E-state index is 11.8. The number of nitrogens with zero attached hydrogens (tertiary/aromatic N) is 1. The van der Waals surface area contributed by atoms with E-state index in [4.69, 9.17) is 33.2 Å². The molecule has 0 radical (unpaired) electrons. The zero-order valence-corrected chi connectivity index (χ0v) is 19.2. The summed E-state index contributed by atoms with van der Waals surface area (Å²) >= 11 is 0.